The van der Waals surface area contributed by atoms with Crippen LogP contribution < -0.4 is 4.72 Å². The van der Waals surface area contributed by atoms with Crippen LogP contribution in [0.1, 0.15) is 11.1 Å². The van der Waals surface area contributed by atoms with Gasteiger partial charge in [0.2, 0.25) is 0 Å². The maximum atomic E-state index is 12.3. The monoisotopic (exact) mass is 309 g/mol. The predicted molar refractivity (Wildman–Crippen MR) is 75.9 cm³/mol. The molecule has 0 radical (unpaired) electrons. The quantitative estimate of drug-likeness (QED) is 0.825. The first-order valence-corrected chi connectivity index (χ1v) is 7.79. The summed E-state index contributed by atoms with van der Waals surface area (Å²) in [5, 5.41) is 12.6. The zero-order valence-corrected chi connectivity index (χ0v) is 12.1. The van der Waals surface area contributed by atoms with Gasteiger partial charge in [0, 0.05) is 17.1 Å². The molecule has 0 unspecified atom stereocenters. The van der Waals surface area contributed by atoms with Crippen molar-refractivity contribution in [1.29, 1.82) is 0 Å². The van der Waals surface area contributed by atoms with Gasteiger partial charge in [-0.2, -0.15) is 0 Å². The average molecular weight is 309 g/mol. The molecule has 0 aliphatic carbocycles. The fourth-order valence-electron chi connectivity index (χ4n) is 1.51. The number of aliphatic hydroxyl groups excluding tert-OH is 1. The molecule has 0 spiro atoms. The fourth-order valence-corrected chi connectivity index (χ4v) is 3.34. The van der Waals surface area contributed by atoms with Crippen molar-refractivity contribution >= 4 is 26.6 Å². The molecule has 1 heterocycles. The third kappa shape index (κ3) is 3.33. The minimum atomic E-state index is -3.76. The number of aromatic nitrogens is 2. The highest BCUT2D eigenvalue weighted by Gasteiger charge is 2.19. The Morgan fingerprint density at radius 2 is 2.25 bits per heavy atom. The molecule has 1 aromatic carbocycles. The van der Waals surface area contributed by atoms with E-state index in [1.54, 1.807) is 12.1 Å². The second kappa shape index (κ2) is 6.00. The van der Waals surface area contributed by atoms with Gasteiger partial charge >= 0.3 is 0 Å². The number of nitrogens with one attached hydrogen (secondary N) is 1. The maximum Gasteiger partial charge on any atom is 0.263 e. The van der Waals surface area contributed by atoms with Gasteiger partial charge in [-0.25, -0.2) is 8.42 Å². The van der Waals surface area contributed by atoms with Crippen LogP contribution in [0.2, 0.25) is 0 Å². The second-order valence-electron chi connectivity index (χ2n) is 3.85. The molecular formula is C12H11N3O3S2. The van der Waals surface area contributed by atoms with Crippen molar-refractivity contribution in [3.05, 3.63) is 35.5 Å². The van der Waals surface area contributed by atoms with Crippen molar-refractivity contribution in [1.82, 2.24) is 9.59 Å². The highest BCUT2D eigenvalue weighted by Crippen LogP contribution is 2.21. The molecule has 2 rings (SSSR count). The van der Waals surface area contributed by atoms with Crippen LogP contribution in [-0.2, 0) is 10.0 Å². The number of hydrogen-bond acceptors (Lipinski definition) is 6. The van der Waals surface area contributed by atoms with E-state index in [-0.39, 0.29) is 11.5 Å². The van der Waals surface area contributed by atoms with Gasteiger partial charge < -0.3 is 5.11 Å². The Morgan fingerprint density at radius 1 is 1.45 bits per heavy atom. The third-order valence-corrected chi connectivity index (χ3v) is 4.46. The number of aryl methyl sites for hydroxylation is 1. The zero-order chi connectivity index (χ0) is 14.6. The SMILES string of the molecule is Cc1ccc(S(=O)(=O)Nc2cnns2)c(C#CCO)c1. The summed E-state index contributed by atoms with van der Waals surface area (Å²) >= 11 is 0.944. The van der Waals surface area contributed by atoms with Crippen LogP contribution in [0.25, 0.3) is 0 Å². The Labute approximate surface area is 120 Å². The average Bonchev–Trinajstić information content (AvgIpc) is 2.88. The first kappa shape index (κ1) is 14.5. The van der Waals surface area contributed by atoms with E-state index in [2.05, 4.69) is 26.1 Å². The second-order valence-corrected chi connectivity index (χ2v) is 6.28. The Balaban J connectivity index is 2.45. The molecule has 2 aromatic rings. The number of rotatable bonds is 3. The van der Waals surface area contributed by atoms with Crippen LogP contribution in [0.5, 0.6) is 0 Å². The van der Waals surface area contributed by atoms with Crippen LogP contribution in [0.4, 0.5) is 5.00 Å². The molecule has 20 heavy (non-hydrogen) atoms. The van der Waals surface area contributed by atoms with E-state index < -0.39 is 10.0 Å². The van der Waals surface area contributed by atoms with Gasteiger partial charge in [-0.1, -0.05) is 22.4 Å². The molecule has 0 amide bonds. The molecule has 0 aliphatic rings. The van der Waals surface area contributed by atoms with Crippen LogP contribution in [-0.4, -0.2) is 29.7 Å². The smallest absolute Gasteiger partial charge is 0.263 e. The largest absolute Gasteiger partial charge is 0.384 e. The molecule has 1 aromatic heterocycles. The lowest BCUT2D eigenvalue weighted by atomic mass is 10.1. The van der Waals surface area contributed by atoms with Crippen LogP contribution in [0.3, 0.4) is 0 Å². The van der Waals surface area contributed by atoms with E-state index in [0.29, 0.717) is 10.6 Å². The van der Waals surface area contributed by atoms with Crippen molar-refractivity contribution in [2.24, 2.45) is 0 Å². The van der Waals surface area contributed by atoms with Crippen LogP contribution in [0.15, 0.2) is 29.3 Å². The summed E-state index contributed by atoms with van der Waals surface area (Å²) in [7, 11) is -3.76. The fraction of sp³-hybridized carbons (Fsp3) is 0.167. The number of hydrogen-bond donors (Lipinski definition) is 2. The van der Waals surface area contributed by atoms with Crippen molar-refractivity contribution in [2.75, 3.05) is 11.3 Å². The highest BCUT2D eigenvalue weighted by atomic mass is 32.2. The Kier molecular flexibility index (Phi) is 4.34. The van der Waals surface area contributed by atoms with Crippen LogP contribution in [0, 0.1) is 18.8 Å². The lowest BCUT2D eigenvalue weighted by Gasteiger charge is -2.08. The summed E-state index contributed by atoms with van der Waals surface area (Å²) in [6.45, 7) is 1.50. The number of benzene rings is 1. The van der Waals surface area contributed by atoms with Gasteiger partial charge in [0.05, 0.1) is 6.20 Å². The molecular weight excluding hydrogens is 298 g/mol. The summed E-state index contributed by atoms with van der Waals surface area (Å²) in [6, 6.07) is 4.82. The standard InChI is InChI=1S/C12H11N3O3S2/c1-9-4-5-11(10(7-9)3-2-6-16)20(17,18)14-12-8-13-15-19-12/h4-5,7-8,14,16H,6H2,1H3. The molecule has 0 fully saturated rings. The number of anilines is 1. The highest BCUT2D eigenvalue weighted by molar-refractivity contribution is 7.93. The maximum absolute atomic E-state index is 12.3. The molecule has 0 bridgehead atoms. The van der Waals surface area contributed by atoms with Gasteiger partial charge in [0.15, 0.2) is 0 Å². The summed E-state index contributed by atoms with van der Waals surface area (Å²) in [4.78, 5) is 0.0532. The van der Waals surface area contributed by atoms with Crippen molar-refractivity contribution in [3.8, 4) is 11.8 Å². The van der Waals surface area contributed by atoms with Gasteiger partial charge in [0.25, 0.3) is 10.0 Å². The third-order valence-electron chi connectivity index (χ3n) is 2.32. The molecule has 8 heteroatoms. The molecule has 2 N–H and O–H groups in total. The molecule has 104 valence electrons. The van der Waals surface area contributed by atoms with E-state index in [0.717, 1.165) is 17.1 Å². The van der Waals surface area contributed by atoms with E-state index in [9.17, 15) is 8.42 Å². The minimum Gasteiger partial charge on any atom is -0.384 e. The number of aliphatic hydroxyl groups is 1. The summed E-state index contributed by atoms with van der Waals surface area (Å²) in [6.07, 6.45) is 1.33. The lowest BCUT2D eigenvalue weighted by molar-refractivity contribution is 0.350. The minimum absolute atomic E-state index is 0.0532. The van der Waals surface area contributed by atoms with Gasteiger partial charge in [0.1, 0.15) is 16.5 Å². The van der Waals surface area contributed by atoms with Crippen LogP contribution >= 0.6 is 11.5 Å². The van der Waals surface area contributed by atoms with E-state index >= 15 is 0 Å². The molecule has 0 saturated carbocycles. The predicted octanol–water partition coefficient (Wildman–Crippen LogP) is 0.991. The first-order valence-electron chi connectivity index (χ1n) is 5.53. The van der Waals surface area contributed by atoms with E-state index in [1.165, 1.54) is 12.3 Å². The Morgan fingerprint density at radius 3 is 2.90 bits per heavy atom. The molecule has 0 atom stereocenters. The molecule has 0 saturated heterocycles. The Bertz CT molecular complexity index is 759. The molecule has 6 nitrogen and oxygen atoms in total. The number of sulfonamides is 1. The summed E-state index contributed by atoms with van der Waals surface area (Å²) in [5.41, 5.74) is 1.22. The summed E-state index contributed by atoms with van der Waals surface area (Å²) in [5.74, 6) is 5.10. The Hall–Kier alpha value is -1.95. The zero-order valence-electron chi connectivity index (χ0n) is 10.5. The lowest BCUT2D eigenvalue weighted by Crippen LogP contribution is -2.13. The normalized spacial score (nSPS) is 10.7. The molecule has 0 aliphatic heterocycles. The van der Waals surface area contributed by atoms with Crippen molar-refractivity contribution in [2.45, 2.75) is 11.8 Å². The topological polar surface area (TPSA) is 92.2 Å². The van der Waals surface area contributed by atoms with Gasteiger partial charge in [-0.15, -0.1) is 5.10 Å². The number of nitrogens with zero attached hydrogens (tertiary/aromatic N) is 2. The van der Waals surface area contributed by atoms with E-state index in [1.807, 2.05) is 6.92 Å². The first-order chi connectivity index (χ1) is 9.53. The van der Waals surface area contributed by atoms with E-state index in [4.69, 9.17) is 5.11 Å². The van der Waals surface area contributed by atoms with Crippen molar-refractivity contribution in [3.63, 3.8) is 0 Å². The van der Waals surface area contributed by atoms with Crippen molar-refractivity contribution < 1.29 is 13.5 Å². The van der Waals surface area contributed by atoms with Gasteiger partial charge in [-0.3, -0.25) is 4.72 Å². The van der Waals surface area contributed by atoms with Gasteiger partial charge in [-0.05, 0) is 24.6 Å². The summed E-state index contributed by atoms with van der Waals surface area (Å²) < 4.78 is 30.6.